The molecule has 0 saturated heterocycles. The van der Waals surface area contributed by atoms with Crippen molar-refractivity contribution >= 4 is 28.3 Å². The van der Waals surface area contributed by atoms with Crippen LogP contribution in [0.25, 0.3) is 22.2 Å². The van der Waals surface area contributed by atoms with Gasteiger partial charge in [-0.1, -0.05) is 91.0 Å². The normalized spacial score (nSPS) is 12.7. The average molecular weight is 549 g/mol. The van der Waals surface area contributed by atoms with Gasteiger partial charge in [-0.05, 0) is 53.4 Å². The van der Waals surface area contributed by atoms with Gasteiger partial charge in [-0.3, -0.25) is 4.98 Å². The van der Waals surface area contributed by atoms with Crippen molar-refractivity contribution in [3.8, 4) is 11.3 Å². The Bertz CT molecular complexity index is 1870. The molecule has 6 aromatic rings. The fourth-order valence-corrected chi connectivity index (χ4v) is 6.11. The summed E-state index contributed by atoms with van der Waals surface area (Å²) in [6, 6.07) is 39.8. The van der Waals surface area contributed by atoms with Crippen molar-refractivity contribution < 1.29 is 9.53 Å². The van der Waals surface area contributed by atoms with Crippen molar-refractivity contribution in [1.82, 2.24) is 14.8 Å². The average Bonchev–Trinajstić information content (AvgIpc) is 3.63. The van der Waals surface area contributed by atoms with Gasteiger partial charge in [-0.25, -0.2) is 14.5 Å². The van der Waals surface area contributed by atoms with Crippen LogP contribution in [0.1, 0.15) is 27.9 Å². The van der Waals surface area contributed by atoms with Gasteiger partial charge >= 0.3 is 5.97 Å². The Morgan fingerprint density at radius 1 is 0.810 bits per heavy atom. The third-order valence-corrected chi connectivity index (χ3v) is 7.98. The van der Waals surface area contributed by atoms with Gasteiger partial charge in [0, 0.05) is 29.3 Å². The number of hydrogen-bond acceptors (Lipinski definition) is 5. The largest absolute Gasteiger partial charge is 0.465 e. The van der Waals surface area contributed by atoms with E-state index < -0.39 is 11.5 Å². The first kappa shape index (κ1) is 25.6. The van der Waals surface area contributed by atoms with Crippen molar-refractivity contribution in [2.75, 3.05) is 7.11 Å². The van der Waals surface area contributed by atoms with Crippen molar-refractivity contribution in [3.05, 3.63) is 149 Å². The summed E-state index contributed by atoms with van der Waals surface area (Å²) in [5, 5.41) is 6.41. The lowest BCUT2D eigenvalue weighted by atomic mass is 9.77. The number of hydrogen-bond donors (Lipinski definition) is 0. The molecule has 0 N–H and O–H groups in total. The third-order valence-electron chi connectivity index (χ3n) is 7.98. The lowest BCUT2D eigenvalue weighted by Gasteiger charge is -2.37. The van der Waals surface area contributed by atoms with Crippen LogP contribution in [0.5, 0.6) is 0 Å². The number of benzene rings is 4. The van der Waals surface area contributed by atoms with E-state index in [0.29, 0.717) is 12.1 Å². The van der Waals surface area contributed by atoms with E-state index in [1.165, 1.54) is 7.11 Å². The standard InChI is InChI=1S/C36H28N4O2/c1-24-20-25(18-19-37-24)34-30-23-31-26(21-32(38-31)35(41)42-2)22-33(30)40(39-34)36(27-12-6-3-7-13-27,28-14-8-4-9-15-28)29-16-10-5-11-17-29/h3-20,22-23H,21H2,1-2H3. The highest BCUT2D eigenvalue weighted by Gasteiger charge is 2.41. The van der Waals surface area contributed by atoms with Gasteiger partial charge in [0.15, 0.2) is 0 Å². The monoisotopic (exact) mass is 548 g/mol. The van der Waals surface area contributed by atoms with E-state index in [0.717, 1.165) is 55.8 Å². The van der Waals surface area contributed by atoms with Gasteiger partial charge in [-0.15, -0.1) is 0 Å². The number of aliphatic imine (C=N–C) groups is 1. The van der Waals surface area contributed by atoms with Crippen LogP contribution >= 0.6 is 0 Å². The maximum absolute atomic E-state index is 12.4. The van der Waals surface area contributed by atoms with Gasteiger partial charge in [0.2, 0.25) is 0 Å². The van der Waals surface area contributed by atoms with Gasteiger partial charge in [0.1, 0.15) is 16.9 Å². The zero-order valence-corrected chi connectivity index (χ0v) is 23.4. The molecule has 7 rings (SSSR count). The van der Waals surface area contributed by atoms with E-state index in [4.69, 9.17) is 9.84 Å². The third kappa shape index (κ3) is 4.03. The highest BCUT2D eigenvalue weighted by molar-refractivity contribution is 6.38. The first-order chi connectivity index (χ1) is 20.6. The van der Waals surface area contributed by atoms with Gasteiger partial charge < -0.3 is 4.74 Å². The lowest BCUT2D eigenvalue weighted by Crippen LogP contribution is -2.38. The van der Waals surface area contributed by atoms with Gasteiger partial charge in [0.25, 0.3) is 0 Å². The predicted molar refractivity (Wildman–Crippen MR) is 165 cm³/mol. The van der Waals surface area contributed by atoms with E-state index in [-0.39, 0.29) is 0 Å². The molecule has 0 amide bonds. The number of methoxy groups -OCH3 is 1. The molecule has 3 heterocycles. The number of fused-ring (bicyclic) bond motifs is 2. The summed E-state index contributed by atoms with van der Waals surface area (Å²) in [5.74, 6) is -0.408. The number of carbonyl (C=O) groups excluding carboxylic acids is 1. The maximum Gasteiger partial charge on any atom is 0.352 e. The molecule has 0 saturated carbocycles. The summed E-state index contributed by atoms with van der Waals surface area (Å²) < 4.78 is 7.16. The van der Waals surface area contributed by atoms with E-state index in [1.807, 2.05) is 37.4 Å². The minimum atomic E-state index is -0.804. The molecule has 0 aliphatic carbocycles. The van der Waals surface area contributed by atoms with Crippen molar-refractivity contribution in [1.29, 1.82) is 0 Å². The fraction of sp³-hybridized carbons (Fsp3) is 0.111. The number of esters is 1. The molecular formula is C36H28N4O2. The van der Waals surface area contributed by atoms with Crippen LogP contribution in [0.2, 0.25) is 0 Å². The Labute approximate surface area is 244 Å². The molecule has 42 heavy (non-hydrogen) atoms. The summed E-state index contributed by atoms with van der Waals surface area (Å²) >= 11 is 0. The summed E-state index contributed by atoms with van der Waals surface area (Å²) in [6.45, 7) is 1.98. The van der Waals surface area contributed by atoms with E-state index in [2.05, 4.69) is 106 Å². The fourth-order valence-electron chi connectivity index (χ4n) is 6.11. The second kappa shape index (κ2) is 10.2. The molecule has 0 spiro atoms. The van der Waals surface area contributed by atoms with Gasteiger partial charge in [-0.2, -0.15) is 5.10 Å². The minimum Gasteiger partial charge on any atom is -0.465 e. The molecule has 6 heteroatoms. The Hall–Kier alpha value is -5.36. The molecule has 1 aliphatic rings. The maximum atomic E-state index is 12.4. The molecule has 1 aliphatic heterocycles. The first-order valence-corrected chi connectivity index (χ1v) is 13.9. The van der Waals surface area contributed by atoms with Crippen molar-refractivity contribution in [3.63, 3.8) is 0 Å². The van der Waals surface area contributed by atoms with Crippen molar-refractivity contribution in [2.24, 2.45) is 4.99 Å². The highest BCUT2D eigenvalue weighted by Crippen LogP contribution is 2.45. The topological polar surface area (TPSA) is 69.4 Å². The van der Waals surface area contributed by atoms with Crippen molar-refractivity contribution in [2.45, 2.75) is 18.9 Å². The molecule has 0 radical (unpaired) electrons. The van der Waals surface area contributed by atoms with Crippen LogP contribution in [0.3, 0.4) is 0 Å². The van der Waals surface area contributed by atoms with E-state index in [9.17, 15) is 4.79 Å². The lowest BCUT2D eigenvalue weighted by molar-refractivity contribution is -0.132. The number of nitrogens with zero attached hydrogens (tertiary/aromatic N) is 4. The molecule has 6 nitrogen and oxygen atoms in total. The molecule has 0 unspecified atom stereocenters. The zero-order valence-electron chi connectivity index (χ0n) is 23.4. The van der Waals surface area contributed by atoms with E-state index in [1.54, 1.807) is 0 Å². The highest BCUT2D eigenvalue weighted by atomic mass is 16.5. The molecule has 4 aromatic carbocycles. The second-order valence-electron chi connectivity index (χ2n) is 10.5. The van der Waals surface area contributed by atoms with Crippen LogP contribution in [0.4, 0.5) is 5.69 Å². The molecule has 2 aromatic heterocycles. The number of rotatable bonds is 6. The Morgan fingerprint density at radius 2 is 1.40 bits per heavy atom. The first-order valence-electron chi connectivity index (χ1n) is 13.9. The molecule has 204 valence electrons. The second-order valence-corrected chi connectivity index (χ2v) is 10.5. The minimum absolute atomic E-state index is 0.404. The van der Waals surface area contributed by atoms with Gasteiger partial charge in [0.05, 0.1) is 18.3 Å². The number of pyridine rings is 1. The predicted octanol–water partition coefficient (Wildman–Crippen LogP) is 7.05. The number of carbonyl (C=O) groups is 1. The summed E-state index contributed by atoms with van der Waals surface area (Å²) in [5.41, 5.74) is 8.20. The van der Waals surface area contributed by atoms with Crippen LogP contribution in [-0.4, -0.2) is 33.6 Å². The Morgan fingerprint density at radius 3 is 1.95 bits per heavy atom. The molecule has 0 bridgehead atoms. The smallest absolute Gasteiger partial charge is 0.352 e. The van der Waals surface area contributed by atoms with Crippen LogP contribution in [-0.2, 0) is 21.5 Å². The number of aromatic nitrogens is 3. The summed E-state index contributed by atoms with van der Waals surface area (Å²) in [4.78, 5) is 21.5. The Balaban J connectivity index is 1.62. The van der Waals surface area contributed by atoms with Crippen LogP contribution in [0.15, 0.2) is 126 Å². The molecule has 0 atom stereocenters. The SMILES string of the molecule is COC(=O)C1=Nc2cc3c(-c4ccnc(C)c4)nn(C(c4ccccc4)(c4ccccc4)c4ccccc4)c3cc2C1. The summed E-state index contributed by atoms with van der Waals surface area (Å²) in [6.07, 6.45) is 2.22. The van der Waals surface area contributed by atoms with E-state index >= 15 is 0 Å². The quantitative estimate of drug-likeness (QED) is 0.165. The van der Waals surface area contributed by atoms with Crippen LogP contribution in [0, 0.1) is 6.92 Å². The molecule has 0 fully saturated rings. The van der Waals surface area contributed by atoms with Crippen LogP contribution < -0.4 is 0 Å². The summed E-state index contributed by atoms with van der Waals surface area (Å²) in [7, 11) is 1.39. The number of aryl methyl sites for hydroxylation is 1. The molecular weight excluding hydrogens is 520 g/mol. The zero-order chi connectivity index (χ0) is 28.7. The Kier molecular flexibility index (Phi) is 6.24. The number of ether oxygens (including phenoxy) is 1.